The minimum Gasteiger partial charge on any atom is -0.347 e. The lowest BCUT2D eigenvalue weighted by atomic mass is 10.2. The van der Waals surface area contributed by atoms with Crippen LogP contribution >= 0.6 is 31.9 Å². The predicted molar refractivity (Wildman–Crippen MR) is 72.7 cm³/mol. The third kappa shape index (κ3) is 4.23. The van der Waals surface area contributed by atoms with Crippen molar-refractivity contribution in [2.45, 2.75) is 25.8 Å². The molecule has 0 bridgehead atoms. The number of nitrogens with zero attached hydrogens (tertiary/aromatic N) is 2. The molecule has 1 aromatic heterocycles. The van der Waals surface area contributed by atoms with Gasteiger partial charge in [-0.2, -0.15) is 0 Å². The Hall–Kier alpha value is -0.690. The first-order valence-electron chi connectivity index (χ1n) is 5.16. The highest BCUT2D eigenvalue weighted by atomic mass is 79.9. The fraction of sp³-hybridized carbons (Fsp3) is 0.500. The van der Waals surface area contributed by atoms with E-state index < -0.39 is 10.4 Å². The van der Waals surface area contributed by atoms with E-state index in [9.17, 15) is 14.9 Å². The number of aryl methyl sites for hydroxylation is 1. The largest absolute Gasteiger partial charge is 0.347 e. The summed E-state index contributed by atoms with van der Waals surface area (Å²) in [5.41, 5.74) is -0.966. The number of hydrogen-bond donors (Lipinski definition) is 0. The summed E-state index contributed by atoms with van der Waals surface area (Å²) in [5, 5.41) is 11.6. The monoisotopic (exact) mass is 366 g/mol. The lowest BCUT2D eigenvalue weighted by molar-refractivity contribution is -0.386. The Balaban J connectivity index is 2.80. The second kappa shape index (κ2) is 6.90. The molecular weight excluding hydrogens is 356 g/mol. The fourth-order valence-electron chi connectivity index (χ4n) is 1.40. The van der Waals surface area contributed by atoms with E-state index in [1.165, 1.54) is 6.20 Å². The number of hydrogen-bond acceptors (Lipinski definition) is 3. The molecule has 1 aromatic rings. The van der Waals surface area contributed by atoms with E-state index in [-0.39, 0.29) is 10.2 Å². The summed E-state index contributed by atoms with van der Waals surface area (Å²) < 4.78 is 1.91. The summed E-state index contributed by atoms with van der Waals surface area (Å²) in [6.45, 7) is 0.673. The van der Waals surface area contributed by atoms with Crippen LogP contribution in [0.5, 0.6) is 0 Å². The Labute approximate surface area is 115 Å². The van der Waals surface area contributed by atoms with E-state index in [1.54, 1.807) is 10.8 Å². The average Bonchev–Trinajstić information content (AvgIpc) is 2.28. The fourth-order valence-corrected chi connectivity index (χ4v) is 2.27. The van der Waals surface area contributed by atoms with Crippen molar-refractivity contribution >= 4 is 37.5 Å². The molecule has 0 N–H and O–H groups in total. The van der Waals surface area contributed by atoms with Crippen molar-refractivity contribution in [2.75, 3.05) is 5.33 Å². The highest BCUT2D eigenvalue weighted by Gasteiger charge is 2.15. The zero-order valence-corrected chi connectivity index (χ0v) is 12.2. The van der Waals surface area contributed by atoms with E-state index in [4.69, 9.17) is 0 Å². The molecule has 0 radical (unpaired) electrons. The van der Waals surface area contributed by atoms with Gasteiger partial charge >= 0.3 is 5.69 Å². The van der Waals surface area contributed by atoms with Crippen LogP contribution in [-0.2, 0) is 6.54 Å². The summed E-state index contributed by atoms with van der Waals surface area (Å²) in [6, 6.07) is 0. The van der Waals surface area contributed by atoms with Crippen LogP contribution in [0.3, 0.4) is 0 Å². The molecule has 1 heterocycles. The Morgan fingerprint density at radius 1 is 1.29 bits per heavy atom. The Kier molecular flexibility index (Phi) is 5.84. The van der Waals surface area contributed by atoms with E-state index >= 15 is 0 Å². The quantitative estimate of drug-likeness (QED) is 0.336. The number of nitro groups is 1. The minimum absolute atomic E-state index is 0.229. The van der Waals surface area contributed by atoms with Crippen LogP contribution in [0.25, 0.3) is 0 Å². The predicted octanol–water partition coefficient (Wildman–Crippen LogP) is 3.08. The van der Waals surface area contributed by atoms with Gasteiger partial charge in [0.2, 0.25) is 0 Å². The molecule has 0 aliphatic carbocycles. The maximum absolute atomic E-state index is 11.4. The van der Waals surface area contributed by atoms with Gasteiger partial charge in [0.05, 0.1) is 15.6 Å². The second-order valence-corrected chi connectivity index (χ2v) is 5.21. The van der Waals surface area contributed by atoms with Gasteiger partial charge in [0.1, 0.15) is 0 Å². The maximum Gasteiger partial charge on any atom is 0.333 e. The summed E-state index contributed by atoms with van der Waals surface area (Å²) in [7, 11) is 0. The minimum atomic E-state index is -0.651. The van der Waals surface area contributed by atoms with Crippen molar-refractivity contribution in [3.8, 4) is 0 Å². The molecule has 0 saturated carbocycles. The number of alkyl halides is 1. The standard InChI is InChI=1S/C10H12Br2N2O3/c11-4-2-1-3-5-13-6-8(12)10(15)9(7-13)14(16)17/h6-7H,1-5H2. The normalized spacial score (nSPS) is 10.5. The van der Waals surface area contributed by atoms with Crippen LogP contribution in [0.2, 0.25) is 0 Å². The lowest BCUT2D eigenvalue weighted by Gasteiger charge is -2.06. The number of rotatable bonds is 6. The SMILES string of the molecule is O=c1c(Br)cn(CCCCCBr)cc1[N+](=O)[O-]. The highest BCUT2D eigenvalue weighted by molar-refractivity contribution is 9.10. The molecule has 94 valence electrons. The third-order valence-electron chi connectivity index (χ3n) is 2.26. The average molecular weight is 368 g/mol. The molecule has 0 amide bonds. The molecule has 5 nitrogen and oxygen atoms in total. The van der Waals surface area contributed by atoms with Gasteiger partial charge in [-0.05, 0) is 28.8 Å². The van der Waals surface area contributed by atoms with Gasteiger partial charge in [-0.15, -0.1) is 0 Å². The zero-order chi connectivity index (χ0) is 12.8. The van der Waals surface area contributed by atoms with E-state index in [0.717, 1.165) is 24.6 Å². The first-order valence-corrected chi connectivity index (χ1v) is 7.07. The highest BCUT2D eigenvalue weighted by Crippen LogP contribution is 2.12. The van der Waals surface area contributed by atoms with Gasteiger partial charge < -0.3 is 4.57 Å². The van der Waals surface area contributed by atoms with Crippen LogP contribution in [-0.4, -0.2) is 14.8 Å². The molecule has 0 aromatic carbocycles. The topological polar surface area (TPSA) is 65.1 Å². The lowest BCUT2D eigenvalue weighted by Crippen LogP contribution is -2.13. The van der Waals surface area contributed by atoms with Gasteiger partial charge in [0.15, 0.2) is 0 Å². The smallest absolute Gasteiger partial charge is 0.333 e. The zero-order valence-electron chi connectivity index (χ0n) is 9.07. The van der Waals surface area contributed by atoms with Crippen LogP contribution in [0, 0.1) is 10.1 Å². The molecule has 0 aliphatic rings. The van der Waals surface area contributed by atoms with Gasteiger partial charge in [-0.3, -0.25) is 14.9 Å². The summed E-state index contributed by atoms with van der Waals surface area (Å²) in [5.74, 6) is 0. The third-order valence-corrected chi connectivity index (χ3v) is 3.39. The molecule has 17 heavy (non-hydrogen) atoms. The van der Waals surface area contributed by atoms with Crippen LogP contribution in [0.4, 0.5) is 5.69 Å². The van der Waals surface area contributed by atoms with Gasteiger partial charge in [0.25, 0.3) is 5.43 Å². The van der Waals surface area contributed by atoms with E-state index in [1.807, 2.05) is 0 Å². The number of unbranched alkanes of at least 4 members (excludes halogenated alkanes) is 2. The first-order chi connectivity index (χ1) is 8.06. The molecule has 0 saturated heterocycles. The van der Waals surface area contributed by atoms with Crippen LogP contribution in [0.1, 0.15) is 19.3 Å². The first kappa shape index (κ1) is 14.4. The molecule has 0 spiro atoms. The molecule has 0 aliphatic heterocycles. The molecule has 0 unspecified atom stereocenters. The summed E-state index contributed by atoms with van der Waals surface area (Å²) in [6.07, 6.45) is 5.93. The van der Waals surface area contributed by atoms with Crippen molar-refractivity contribution in [2.24, 2.45) is 0 Å². The second-order valence-electron chi connectivity index (χ2n) is 3.57. The van der Waals surface area contributed by atoms with Crippen molar-refractivity contribution in [1.82, 2.24) is 4.57 Å². The van der Waals surface area contributed by atoms with Gasteiger partial charge in [-0.1, -0.05) is 22.4 Å². The van der Waals surface area contributed by atoms with Crippen molar-refractivity contribution in [1.29, 1.82) is 0 Å². The number of pyridine rings is 1. The van der Waals surface area contributed by atoms with Gasteiger partial charge in [-0.25, -0.2) is 0 Å². The Morgan fingerprint density at radius 3 is 2.59 bits per heavy atom. The summed E-state index contributed by atoms with van der Waals surface area (Å²) in [4.78, 5) is 21.4. The molecular formula is C10H12Br2N2O3. The molecule has 7 heteroatoms. The Morgan fingerprint density at radius 2 is 2.00 bits per heavy atom. The van der Waals surface area contributed by atoms with Crippen molar-refractivity contribution in [3.05, 3.63) is 37.2 Å². The molecule has 0 fully saturated rings. The van der Waals surface area contributed by atoms with Crippen molar-refractivity contribution in [3.63, 3.8) is 0 Å². The van der Waals surface area contributed by atoms with E-state index in [2.05, 4.69) is 31.9 Å². The number of aromatic nitrogens is 1. The van der Waals surface area contributed by atoms with E-state index in [0.29, 0.717) is 6.54 Å². The number of halogens is 2. The Bertz CT molecular complexity index is 459. The summed E-state index contributed by atoms with van der Waals surface area (Å²) >= 11 is 6.39. The van der Waals surface area contributed by atoms with Crippen LogP contribution < -0.4 is 5.43 Å². The molecule has 1 rings (SSSR count). The van der Waals surface area contributed by atoms with Crippen LogP contribution in [0.15, 0.2) is 21.7 Å². The maximum atomic E-state index is 11.4. The van der Waals surface area contributed by atoms with Crippen molar-refractivity contribution < 1.29 is 4.92 Å². The molecule has 0 atom stereocenters. The van der Waals surface area contributed by atoms with Gasteiger partial charge in [0, 0.05) is 18.1 Å².